The molecule has 0 atom stereocenters. The number of hydrogen-bond acceptors (Lipinski definition) is 10. The minimum Gasteiger partial charge on any atom is -0.399 e. The molecule has 117 heavy (non-hydrogen) atoms. The molecule has 15 heteroatoms. The van der Waals surface area contributed by atoms with Crippen LogP contribution in [-0.4, -0.2) is 48.2 Å². The van der Waals surface area contributed by atoms with Gasteiger partial charge in [-0.05, 0) is 319 Å². The Labute approximate surface area is 714 Å². The van der Waals surface area contributed by atoms with Crippen molar-refractivity contribution in [3.8, 4) is 79.5 Å². The van der Waals surface area contributed by atoms with Gasteiger partial charge in [0.2, 0.25) is 0 Å². The minimum absolute atomic E-state index is 0. The number of fused-ring (bicyclic) bond motifs is 4. The average molecular weight is 1720 g/mol. The summed E-state index contributed by atoms with van der Waals surface area (Å²) in [4.78, 5) is 33.6. The molecule has 3 aliphatic rings. The number of anilines is 6. The van der Waals surface area contributed by atoms with E-state index in [0.717, 1.165) is 56.4 Å². The monoisotopic (exact) mass is 1720 g/mol. The van der Waals surface area contributed by atoms with Crippen LogP contribution in [0.4, 0.5) is 42.9 Å². The molecule has 3 aliphatic heterocycles. The molecule has 590 valence electrons. The van der Waals surface area contributed by atoms with Gasteiger partial charge < -0.3 is 19.1 Å². The van der Waals surface area contributed by atoms with Crippen molar-refractivity contribution in [1.29, 1.82) is 0 Å². The lowest BCUT2D eigenvalue weighted by molar-refractivity contribution is 0.00578. The molecule has 0 aliphatic carbocycles. The maximum absolute atomic E-state index is 16.1. The van der Waals surface area contributed by atoms with Crippen LogP contribution in [0, 0.1) is 122 Å². The summed E-state index contributed by atoms with van der Waals surface area (Å²) in [5, 5.41) is 0. The summed E-state index contributed by atoms with van der Waals surface area (Å²) in [7, 11) is -0.617. The van der Waals surface area contributed by atoms with E-state index >= 15 is 8.78 Å². The van der Waals surface area contributed by atoms with Crippen molar-refractivity contribution in [2.45, 2.75) is 163 Å². The van der Waals surface area contributed by atoms with Gasteiger partial charge in [-0.25, -0.2) is 38.7 Å². The number of benzene rings is 12. The molecule has 12 aromatic carbocycles. The predicted octanol–water partition coefficient (Wildman–Crippen LogP) is 26.7. The second-order valence-electron chi connectivity index (χ2n) is 32.4. The van der Waals surface area contributed by atoms with Crippen LogP contribution >= 0.6 is 39.9 Å². The number of rotatable bonds is 10. The Kier molecular flexibility index (Phi) is 23.4. The molecule has 17 rings (SSSR count). The van der Waals surface area contributed by atoms with Crippen molar-refractivity contribution in [2.24, 2.45) is 0 Å². The normalized spacial score (nSPS) is 13.5. The molecular formula is C102H99BBrF2IN8O2. The SMILES string of the molecule is CC1(C)OB(c2ccc(F)c(-c3nc(-c4ccccc4)nc(-c4ccccc4)n3)c2)OC1(C)C.Cc1c(C)c(C)c2c(c1C)Cc1c(C)c(C)c(C)c(C)c1N2c1ccccc1-c1ccc(F)c(-c2nc(-c3ccccc3)nc(-c3ccccc3)n2)c1.Cc1c(C)c(C)c2c(c1C)Cc1c(C)c(C)c(C)c(C)c1N2c1ccccc1Br.I. The zero-order valence-corrected chi connectivity index (χ0v) is 74.5. The van der Waals surface area contributed by atoms with Crippen LogP contribution in [0.5, 0.6) is 0 Å². The molecule has 1 saturated heterocycles. The van der Waals surface area contributed by atoms with Gasteiger partial charge in [-0.3, -0.25) is 0 Å². The minimum atomic E-state index is -0.617. The number of hydrogen-bond donors (Lipinski definition) is 0. The van der Waals surface area contributed by atoms with E-state index in [0.29, 0.717) is 40.1 Å². The number of para-hydroxylation sites is 2. The second kappa shape index (κ2) is 33.0. The molecule has 1 fully saturated rings. The van der Waals surface area contributed by atoms with Crippen LogP contribution < -0.4 is 15.3 Å². The number of nitrogens with zero attached hydrogens (tertiary/aromatic N) is 8. The molecule has 2 aromatic heterocycles. The Morgan fingerprint density at radius 3 is 0.932 bits per heavy atom. The van der Waals surface area contributed by atoms with Crippen LogP contribution in [0.1, 0.15) is 139 Å². The summed E-state index contributed by atoms with van der Waals surface area (Å²) in [5.41, 5.74) is 40.5. The Balaban J connectivity index is 0.000000152. The summed E-state index contributed by atoms with van der Waals surface area (Å²) in [6.45, 7) is 44.2. The third-order valence-corrected chi connectivity index (χ3v) is 26.3. The Bertz CT molecular complexity index is 5970. The van der Waals surface area contributed by atoms with Crippen molar-refractivity contribution < 1.29 is 18.1 Å². The maximum Gasteiger partial charge on any atom is 0.494 e. The standard InChI is InChI=1S/C48H43FN4.C27H25BFN3O2.C27H30BrN.HI/c1-27-29(3)33(7)44-39(31(27)5)26-40-32(6)28(2)30(4)34(8)45(40)53(44)43-22-16-15-21-38(43)37-23-24-42(49)41(25-37)48-51-46(35-17-11-9-12-18-35)50-47(52-48)36-19-13-10-14-20-36;1-26(2)27(3,4)34-28(33-26)20-15-16-22(29)21(17-20)25-31-23(18-11-7-5-8-12-18)30-24(32-25)19-13-9-6-10-14-19;1-14-16(3)20(7)26-22(18(14)5)13-23-19(6)15(2)17(4)21(8)27(23)29(26)25-12-10-9-11-24(25)28;/h9-25H,26H2,1-8H3;5-17H,1-4H3;9-12H,13H2,1-8H3;1H. The van der Waals surface area contributed by atoms with E-state index in [1.54, 1.807) is 18.2 Å². The van der Waals surface area contributed by atoms with Crippen LogP contribution in [0.15, 0.2) is 211 Å². The van der Waals surface area contributed by atoms with Crippen molar-refractivity contribution in [3.05, 3.63) is 334 Å². The highest BCUT2D eigenvalue weighted by Crippen LogP contribution is 2.56. The highest BCUT2D eigenvalue weighted by Gasteiger charge is 2.52. The molecule has 0 amide bonds. The van der Waals surface area contributed by atoms with Gasteiger partial charge in [0.05, 0.1) is 56.5 Å². The lowest BCUT2D eigenvalue weighted by Crippen LogP contribution is -2.41. The lowest BCUT2D eigenvalue weighted by atomic mass is 9.78. The first-order chi connectivity index (χ1) is 55.4. The van der Waals surface area contributed by atoms with Gasteiger partial charge in [0.15, 0.2) is 34.9 Å². The third kappa shape index (κ3) is 15.2. The maximum atomic E-state index is 16.1. The fourth-order valence-corrected chi connectivity index (χ4v) is 17.2. The topological polar surface area (TPSA) is 102 Å². The van der Waals surface area contributed by atoms with E-state index in [4.69, 9.17) is 24.3 Å². The van der Waals surface area contributed by atoms with E-state index in [2.05, 4.69) is 200 Å². The Morgan fingerprint density at radius 1 is 0.299 bits per heavy atom. The van der Waals surface area contributed by atoms with Crippen molar-refractivity contribution in [1.82, 2.24) is 29.9 Å². The summed E-state index contributed by atoms with van der Waals surface area (Å²) in [5.74, 6) is 1.67. The molecule has 0 saturated carbocycles. The zero-order chi connectivity index (χ0) is 82.2. The van der Waals surface area contributed by atoms with Gasteiger partial charge in [-0.2, -0.15) is 0 Å². The molecule has 0 radical (unpaired) electrons. The van der Waals surface area contributed by atoms with E-state index in [9.17, 15) is 0 Å². The smallest absolute Gasteiger partial charge is 0.399 e. The van der Waals surface area contributed by atoms with Gasteiger partial charge >= 0.3 is 7.12 Å². The Hall–Kier alpha value is -10.7. The zero-order valence-electron chi connectivity index (χ0n) is 70.6. The van der Waals surface area contributed by atoms with Crippen molar-refractivity contribution in [2.75, 3.05) is 9.80 Å². The summed E-state index contributed by atoms with van der Waals surface area (Å²) in [6, 6.07) is 66.0. The van der Waals surface area contributed by atoms with Gasteiger partial charge in [0.1, 0.15) is 11.6 Å². The third-order valence-electron chi connectivity index (χ3n) is 25.6. The fourth-order valence-electron chi connectivity index (χ4n) is 16.7. The molecule has 0 unspecified atom stereocenters. The van der Waals surface area contributed by atoms with E-state index < -0.39 is 24.1 Å². The summed E-state index contributed by atoms with van der Waals surface area (Å²) < 4.78 is 44.7. The first kappa shape index (κ1) is 82.8. The van der Waals surface area contributed by atoms with Crippen molar-refractivity contribution >= 4 is 86.6 Å². The first-order valence-electron chi connectivity index (χ1n) is 39.9. The van der Waals surface area contributed by atoms with Crippen LogP contribution in [0.3, 0.4) is 0 Å². The molecule has 5 heterocycles. The fraction of sp³-hybridized carbons (Fsp3) is 0.235. The summed E-state index contributed by atoms with van der Waals surface area (Å²) in [6.07, 6.45) is 1.89. The van der Waals surface area contributed by atoms with Crippen LogP contribution in [0.2, 0.25) is 0 Å². The molecular weight excluding hydrogens is 1620 g/mol. The quantitative estimate of drug-likeness (QED) is 0.0972. The largest absolute Gasteiger partial charge is 0.494 e. The molecule has 14 aromatic rings. The van der Waals surface area contributed by atoms with Gasteiger partial charge in [0.25, 0.3) is 0 Å². The van der Waals surface area contributed by atoms with Gasteiger partial charge in [-0.1, -0.05) is 164 Å². The van der Waals surface area contributed by atoms with Crippen LogP contribution in [-0.2, 0) is 22.2 Å². The summed E-state index contributed by atoms with van der Waals surface area (Å²) >= 11 is 3.85. The highest BCUT2D eigenvalue weighted by atomic mass is 127. The Morgan fingerprint density at radius 2 is 0.581 bits per heavy atom. The molecule has 0 N–H and O–H groups in total. The van der Waals surface area contributed by atoms with Crippen molar-refractivity contribution in [3.63, 3.8) is 0 Å². The second-order valence-corrected chi connectivity index (χ2v) is 33.3. The average Bonchev–Trinajstić information content (AvgIpc) is 1.38. The molecule has 0 bridgehead atoms. The highest BCUT2D eigenvalue weighted by molar-refractivity contribution is 14.0. The first-order valence-corrected chi connectivity index (χ1v) is 40.7. The molecule has 0 spiro atoms. The number of aromatic nitrogens is 6. The lowest BCUT2D eigenvalue weighted by Gasteiger charge is -2.40. The number of halogens is 4. The van der Waals surface area contributed by atoms with E-state index in [1.165, 1.54) is 146 Å². The van der Waals surface area contributed by atoms with E-state index in [-0.39, 0.29) is 41.2 Å². The van der Waals surface area contributed by atoms with Crippen LogP contribution in [0.25, 0.3) is 79.5 Å². The van der Waals surface area contributed by atoms with Gasteiger partial charge in [0, 0.05) is 45.1 Å². The molecule has 10 nitrogen and oxygen atoms in total. The predicted molar refractivity (Wildman–Crippen MR) is 494 cm³/mol. The van der Waals surface area contributed by atoms with E-state index in [1.807, 2.05) is 161 Å². The van der Waals surface area contributed by atoms with Gasteiger partial charge in [-0.15, -0.1) is 24.0 Å².